The summed E-state index contributed by atoms with van der Waals surface area (Å²) in [4.78, 5) is 1.39. The van der Waals surface area contributed by atoms with Crippen molar-refractivity contribution in [1.29, 1.82) is 0 Å². The van der Waals surface area contributed by atoms with Crippen LogP contribution in [0.25, 0.3) is 0 Å². The highest BCUT2D eigenvalue weighted by Gasteiger charge is 2.11. The third-order valence-electron chi connectivity index (χ3n) is 2.90. The normalized spacial score (nSPS) is 12.4. The van der Waals surface area contributed by atoms with E-state index in [2.05, 4.69) is 29.6 Å². The van der Waals surface area contributed by atoms with Gasteiger partial charge in [-0.2, -0.15) is 0 Å². The lowest BCUT2D eigenvalue weighted by atomic mass is 9.95. The van der Waals surface area contributed by atoms with Gasteiger partial charge in [-0.05, 0) is 42.1 Å². The van der Waals surface area contributed by atoms with E-state index >= 15 is 0 Å². The molecule has 2 aromatic rings. The number of ether oxygens (including phenoxy) is 1. The summed E-state index contributed by atoms with van der Waals surface area (Å²) in [5, 5.41) is 2.11. The maximum Gasteiger partial charge on any atom is 0.118 e. The van der Waals surface area contributed by atoms with Crippen LogP contribution in [0.5, 0.6) is 5.75 Å². The SMILES string of the molecule is COc1ccc(C(CN)Cc2cccs2)cc1. The van der Waals surface area contributed by atoms with Gasteiger partial charge in [0.2, 0.25) is 0 Å². The van der Waals surface area contributed by atoms with E-state index in [0.29, 0.717) is 12.5 Å². The van der Waals surface area contributed by atoms with Crippen LogP contribution in [-0.4, -0.2) is 13.7 Å². The lowest BCUT2D eigenvalue weighted by Crippen LogP contribution is -2.14. The number of hydrogen-bond acceptors (Lipinski definition) is 3. The van der Waals surface area contributed by atoms with E-state index in [4.69, 9.17) is 10.5 Å². The molecule has 1 aromatic heterocycles. The molecule has 0 aliphatic heterocycles. The second-order valence-electron chi connectivity index (χ2n) is 3.99. The maximum absolute atomic E-state index is 5.87. The summed E-state index contributed by atoms with van der Waals surface area (Å²) in [6, 6.07) is 12.4. The summed E-state index contributed by atoms with van der Waals surface area (Å²) in [6.45, 7) is 0.671. The Balaban J connectivity index is 2.11. The van der Waals surface area contributed by atoms with Crippen LogP contribution in [0.4, 0.5) is 0 Å². The third-order valence-corrected chi connectivity index (χ3v) is 3.80. The first kappa shape index (κ1) is 12.1. The summed E-state index contributed by atoms with van der Waals surface area (Å²) in [7, 11) is 1.68. The van der Waals surface area contributed by atoms with Gasteiger partial charge in [-0.15, -0.1) is 11.3 Å². The summed E-state index contributed by atoms with van der Waals surface area (Å²) < 4.78 is 5.16. The van der Waals surface area contributed by atoms with Crippen LogP contribution in [0, 0.1) is 0 Å². The van der Waals surface area contributed by atoms with E-state index in [1.54, 1.807) is 18.4 Å². The zero-order valence-corrected chi connectivity index (χ0v) is 10.7. The van der Waals surface area contributed by atoms with E-state index in [1.165, 1.54) is 10.4 Å². The minimum atomic E-state index is 0.388. The molecule has 3 heteroatoms. The number of rotatable bonds is 5. The molecule has 1 heterocycles. The standard InChI is InChI=1S/C14H17NOS/c1-16-13-6-4-11(5-7-13)12(10-15)9-14-3-2-8-17-14/h2-8,12H,9-10,15H2,1H3. The second kappa shape index (κ2) is 5.84. The molecular formula is C14H17NOS. The van der Waals surface area contributed by atoms with Gasteiger partial charge in [-0.1, -0.05) is 18.2 Å². The zero-order chi connectivity index (χ0) is 12.1. The Labute approximate surface area is 106 Å². The van der Waals surface area contributed by atoms with Crippen LogP contribution in [0.2, 0.25) is 0 Å². The van der Waals surface area contributed by atoms with Gasteiger partial charge in [-0.3, -0.25) is 0 Å². The van der Waals surface area contributed by atoms with Crippen LogP contribution in [0.15, 0.2) is 41.8 Å². The first-order valence-corrected chi connectivity index (χ1v) is 6.58. The highest BCUT2D eigenvalue weighted by molar-refractivity contribution is 7.09. The average molecular weight is 247 g/mol. The molecule has 0 spiro atoms. The predicted molar refractivity (Wildman–Crippen MR) is 72.8 cm³/mol. The van der Waals surface area contributed by atoms with Gasteiger partial charge >= 0.3 is 0 Å². The van der Waals surface area contributed by atoms with E-state index in [9.17, 15) is 0 Å². The van der Waals surface area contributed by atoms with Crippen molar-refractivity contribution in [2.24, 2.45) is 5.73 Å². The molecule has 1 unspecified atom stereocenters. The molecule has 0 amide bonds. The van der Waals surface area contributed by atoms with E-state index in [-0.39, 0.29) is 0 Å². The Kier molecular flexibility index (Phi) is 4.18. The first-order chi connectivity index (χ1) is 8.33. The molecule has 0 aliphatic carbocycles. The number of hydrogen-bond donors (Lipinski definition) is 1. The first-order valence-electron chi connectivity index (χ1n) is 5.70. The van der Waals surface area contributed by atoms with Crippen LogP contribution in [-0.2, 0) is 6.42 Å². The lowest BCUT2D eigenvalue weighted by molar-refractivity contribution is 0.414. The second-order valence-corrected chi connectivity index (χ2v) is 5.02. The molecule has 0 aliphatic rings. The molecule has 2 nitrogen and oxygen atoms in total. The summed E-state index contributed by atoms with van der Waals surface area (Å²) >= 11 is 1.79. The van der Waals surface area contributed by atoms with Gasteiger partial charge in [0.15, 0.2) is 0 Å². The highest BCUT2D eigenvalue weighted by atomic mass is 32.1. The Morgan fingerprint density at radius 2 is 2.00 bits per heavy atom. The van der Waals surface area contributed by atoms with Gasteiger partial charge in [0, 0.05) is 10.8 Å². The summed E-state index contributed by atoms with van der Waals surface area (Å²) in [5.74, 6) is 1.28. The molecule has 0 radical (unpaired) electrons. The minimum Gasteiger partial charge on any atom is -0.497 e. The van der Waals surface area contributed by atoms with Crippen molar-refractivity contribution in [2.45, 2.75) is 12.3 Å². The van der Waals surface area contributed by atoms with Crippen molar-refractivity contribution in [3.63, 3.8) is 0 Å². The Morgan fingerprint density at radius 1 is 1.24 bits per heavy atom. The van der Waals surface area contributed by atoms with Crippen LogP contribution < -0.4 is 10.5 Å². The smallest absolute Gasteiger partial charge is 0.118 e. The van der Waals surface area contributed by atoms with Crippen molar-refractivity contribution < 1.29 is 4.74 Å². The van der Waals surface area contributed by atoms with E-state index < -0.39 is 0 Å². The molecule has 0 saturated carbocycles. The molecule has 0 fully saturated rings. The molecular weight excluding hydrogens is 230 g/mol. The summed E-state index contributed by atoms with van der Waals surface area (Å²) in [6.07, 6.45) is 1.01. The van der Waals surface area contributed by atoms with Gasteiger partial charge in [0.25, 0.3) is 0 Å². The fraction of sp³-hybridized carbons (Fsp3) is 0.286. The Morgan fingerprint density at radius 3 is 2.53 bits per heavy atom. The monoisotopic (exact) mass is 247 g/mol. The van der Waals surface area contributed by atoms with Crippen molar-refractivity contribution in [2.75, 3.05) is 13.7 Å². The largest absolute Gasteiger partial charge is 0.497 e. The average Bonchev–Trinajstić information content (AvgIpc) is 2.89. The van der Waals surface area contributed by atoms with Crippen LogP contribution >= 0.6 is 11.3 Å². The highest BCUT2D eigenvalue weighted by Crippen LogP contribution is 2.24. The molecule has 2 N–H and O–H groups in total. The maximum atomic E-state index is 5.87. The van der Waals surface area contributed by atoms with Crippen molar-refractivity contribution in [1.82, 2.24) is 0 Å². The molecule has 2 rings (SSSR count). The van der Waals surface area contributed by atoms with Gasteiger partial charge < -0.3 is 10.5 Å². The number of methoxy groups -OCH3 is 1. The van der Waals surface area contributed by atoms with Crippen molar-refractivity contribution in [3.8, 4) is 5.75 Å². The molecule has 1 aromatic carbocycles. The molecule has 1 atom stereocenters. The van der Waals surface area contributed by atoms with Crippen molar-refractivity contribution in [3.05, 3.63) is 52.2 Å². The van der Waals surface area contributed by atoms with Gasteiger partial charge in [0.05, 0.1) is 7.11 Å². The fourth-order valence-electron chi connectivity index (χ4n) is 1.88. The van der Waals surface area contributed by atoms with Gasteiger partial charge in [0.1, 0.15) is 5.75 Å². The van der Waals surface area contributed by atoms with Crippen LogP contribution in [0.3, 0.4) is 0 Å². The summed E-state index contributed by atoms with van der Waals surface area (Å²) in [5.41, 5.74) is 7.14. The number of nitrogens with two attached hydrogens (primary N) is 1. The predicted octanol–water partition coefficient (Wildman–Crippen LogP) is 3.04. The van der Waals surface area contributed by atoms with Crippen molar-refractivity contribution >= 4 is 11.3 Å². The minimum absolute atomic E-state index is 0.388. The molecule has 0 bridgehead atoms. The lowest BCUT2D eigenvalue weighted by Gasteiger charge is -2.14. The fourth-order valence-corrected chi connectivity index (χ4v) is 2.67. The quantitative estimate of drug-likeness (QED) is 0.881. The number of benzene rings is 1. The number of thiophene rings is 1. The zero-order valence-electron chi connectivity index (χ0n) is 9.93. The Bertz CT molecular complexity index is 436. The third kappa shape index (κ3) is 3.08. The topological polar surface area (TPSA) is 35.2 Å². The van der Waals surface area contributed by atoms with E-state index in [1.807, 2.05) is 12.1 Å². The molecule has 0 saturated heterocycles. The van der Waals surface area contributed by atoms with E-state index in [0.717, 1.165) is 12.2 Å². The molecule has 90 valence electrons. The Hall–Kier alpha value is -1.32. The van der Waals surface area contributed by atoms with Gasteiger partial charge in [-0.25, -0.2) is 0 Å². The molecule has 17 heavy (non-hydrogen) atoms. The van der Waals surface area contributed by atoms with Crippen LogP contribution in [0.1, 0.15) is 16.4 Å².